The fourth-order valence-electron chi connectivity index (χ4n) is 3.95. The van der Waals surface area contributed by atoms with Crippen LogP contribution in [0.4, 0.5) is 0 Å². The molecule has 0 spiro atoms. The molecule has 1 fully saturated rings. The summed E-state index contributed by atoms with van der Waals surface area (Å²) in [5.41, 5.74) is 2.34. The minimum atomic E-state index is 0.770. The summed E-state index contributed by atoms with van der Waals surface area (Å²) in [6.45, 7) is 4.40. The summed E-state index contributed by atoms with van der Waals surface area (Å²) in [4.78, 5) is 7.34. The van der Waals surface area contributed by atoms with Crippen LogP contribution in [0.2, 0.25) is 0 Å². The number of rotatable bonds is 9. The highest BCUT2D eigenvalue weighted by Crippen LogP contribution is 2.32. The number of para-hydroxylation sites is 1. The Kier molecular flexibility index (Phi) is 7.43. The van der Waals surface area contributed by atoms with E-state index in [1.165, 1.54) is 42.6 Å². The predicted molar refractivity (Wildman–Crippen MR) is 136 cm³/mol. The van der Waals surface area contributed by atoms with E-state index in [0.29, 0.717) is 0 Å². The number of hydrogen-bond acceptors (Lipinski definition) is 7. The number of fused-ring (bicyclic) bond motifs is 1. The van der Waals surface area contributed by atoms with Crippen LogP contribution in [0, 0.1) is 0 Å². The Balaban J connectivity index is 1.29. The van der Waals surface area contributed by atoms with E-state index in [9.17, 15) is 0 Å². The van der Waals surface area contributed by atoms with E-state index >= 15 is 0 Å². The first-order valence-electron chi connectivity index (χ1n) is 11.1. The lowest BCUT2D eigenvalue weighted by molar-refractivity contribution is 0.242. The van der Waals surface area contributed by atoms with E-state index in [1.807, 2.05) is 17.8 Å². The fourth-order valence-corrected chi connectivity index (χ4v) is 6.91. The van der Waals surface area contributed by atoms with Gasteiger partial charge < -0.3 is 9.47 Å². The van der Waals surface area contributed by atoms with E-state index in [1.54, 1.807) is 23.1 Å². The smallest absolute Gasteiger partial charge is 0.191 e. The minimum absolute atomic E-state index is 0.770. The van der Waals surface area contributed by atoms with E-state index in [4.69, 9.17) is 4.98 Å². The monoisotopic (exact) mass is 481 g/mol. The summed E-state index contributed by atoms with van der Waals surface area (Å²) in [5.74, 6) is 2.84. The van der Waals surface area contributed by atoms with E-state index in [2.05, 4.69) is 68.2 Å². The Morgan fingerprint density at radius 2 is 1.69 bits per heavy atom. The van der Waals surface area contributed by atoms with Crippen molar-refractivity contribution >= 4 is 45.1 Å². The first-order chi connectivity index (χ1) is 15.8. The Morgan fingerprint density at radius 3 is 2.53 bits per heavy atom. The molecule has 0 N–H and O–H groups in total. The molecule has 0 bridgehead atoms. The quantitative estimate of drug-likeness (QED) is 0.281. The van der Waals surface area contributed by atoms with Crippen molar-refractivity contribution in [3.05, 3.63) is 66.0 Å². The molecule has 0 radical (unpaired) electrons. The van der Waals surface area contributed by atoms with Crippen LogP contribution in [0.15, 0.2) is 64.1 Å². The van der Waals surface area contributed by atoms with Gasteiger partial charge in [-0.15, -0.1) is 21.5 Å². The molecule has 5 rings (SSSR count). The topological polar surface area (TPSA) is 46.8 Å². The largest absolute Gasteiger partial charge is 0.303 e. The van der Waals surface area contributed by atoms with Crippen molar-refractivity contribution in [2.75, 3.05) is 25.4 Å². The molecule has 0 amide bonds. The molecule has 5 nitrogen and oxygen atoms in total. The first kappa shape index (κ1) is 21.9. The maximum Gasteiger partial charge on any atom is 0.191 e. The van der Waals surface area contributed by atoms with Gasteiger partial charge in [-0.25, -0.2) is 4.98 Å². The predicted octanol–water partition coefficient (Wildman–Crippen LogP) is 5.81. The summed E-state index contributed by atoms with van der Waals surface area (Å²) in [6.07, 6.45) is 4.05. The van der Waals surface area contributed by atoms with Crippen molar-refractivity contribution in [1.82, 2.24) is 24.6 Å². The minimum Gasteiger partial charge on any atom is -0.303 e. The van der Waals surface area contributed by atoms with Crippen LogP contribution in [-0.4, -0.2) is 50.0 Å². The molecule has 0 atom stereocenters. The van der Waals surface area contributed by atoms with Gasteiger partial charge in [-0.1, -0.05) is 72.4 Å². The molecule has 32 heavy (non-hydrogen) atoms. The van der Waals surface area contributed by atoms with Gasteiger partial charge in [0.2, 0.25) is 0 Å². The van der Waals surface area contributed by atoms with Gasteiger partial charge in [-0.3, -0.25) is 0 Å². The molecule has 0 unspecified atom stereocenters. The van der Waals surface area contributed by atoms with Crippen LogP contribution in [-0.2, 0) is 12.3 Å². The molecule has 0 saturated carbocycles. The second-order valence-electron chi connectivity index (χ2n) is 7.96. The summed E-state index contributed by atoms with van der Waals surface area (Å²) >= 11 is 5.33. The Hall–Kier alpha value is -1.87. The molecule has 2 aromatic heterocycles. The van der Waals surface area contributed by atoms with E-state index < -0.39 is 0 Å². The third-order valence-electron chi connectivity index (χ3n) is 5.66. The van der Waals surface area contributed by atoms with Crippen LogP contribution in [0.25, 0.3) is 10.2 Å². The summed E-state index contributed by atoms with van der Waals surface area (Å²) < 4.78 is 4.60. The van der Waals surface area contributed by atoms with Crippen molar-refractivity contribution in [3.8, 4) is 0 Å². The van der Waals surface area contributed by atoms with Crippen molar-refractivity contribution in [3.63, 3.8) is 0 Å². The normalized spacial score (nSPS) is 14.9. The fraction of sp³-hybridized carbons (Fsp3) is 0.375. The number of nitrogens with zero attached hydrogens (tertiary/aromatic N) is 5. The highest BCUT2D eigenvalue weighted by molar-refractivity contribution is 8.00. The highest BCUT2D eigenvalue weighted by Gasteiger charge is 2.16. The van der Waals surface area contributed by atoms with E-state index in [-0.39, 0.29) is 0 Å². The molecule has 1 saturated heterocycles. The second-order valence-corrected chi connectivity index (χ2v) is 11.3. The molecule has 4 aromatic rings. The molecule has 166 valence electrons. The van der Waals surface area contributed by atoms with Crippen molar-refractivity contribution in [2.45, 2.75) is 41.1 Å². The van der Waals surface area contributed by atoms with Gasteiger partial charge in [0.05, 0.1) is 22.5 Å². The molecule has 0 aliphatic carbocycles. The van der Waals surface area contributed by atoms with Gasteiger partial charge in [0.25, 0.3) is 0 Å². The van der Waals surface area contributed by atoms with Crippen LogP contribution in [0.1, 0.15) is 30.7 Å². The zero-order chi connectivity index (χ0) is 21.6. The molecular weight excluding hydrogens is 455 g/mol. The summed E-state index contributed by atoms with van der Waals surface area (Å²) in [7, 11) is 0. The zero-order valence-corrected chi connectivity index (χ0v) is 20.5. The third kappa shape index (κ3) is 5.54. The number of likely N-dealkylation sites (tertiary alicyclic amines) is 1. The summed E-state index contributed by atoms with van der Waals surface area (Å²) in [5, 5.41) is 10.2. The Bertz CT molecular complexity index is 1100. The molecule has 8 heteroatoms. The number of aromatic nitrogens is 4. The van der Waals surface area contributed by atoms with E-state index in [0.717, 1.165) is 45.4 Å². The maximum atomic E-state index is 4.76. The maximum absolute atomic E-state index is 4.76. The lowest BCUT2D eigenvalue weighted by Crippen LogP contribution is -2.31. The number of piperidine rings is 1. The van der Waals surface area contributed by atoms with Gasteiger partial charge in [0, 0.05) is 12.3 Å². The molecule has 2 aromatic carbocycles. The standard InChI is InChI=1S/C24H27N5S3/c1-3-9-19(10-4-1)17-29-22(18-31-24-25-20-11-5-6-12-21(20)32-24)26-27-23(29)30-16-15-28-13-7-2-8-14-28/h1,3-6,9-12H,2,7-8,13-18H2. The number of benzene rings is 2. The Morgan fingerprint density at radius 1 is 0.875 bits per heavy atom. The zero-order valence-electron chi connectivity index (χ0n) is 18.0. The lowest BCUT2D eigenvalue weighted by atomic mass is 10.1. The molecule has 1 aliphatic rings. The Labute approximate surface area is 201 Å². The van der Waals surface area contributed by atoms with Gasteiger partial charge in [0.1, 0.15) is 5.82 Å². The van der Waals surface area contributed by atoms with Crippen molar-refractivity contribution < 1.29 is 0 Å². The van der Waals surface area contributed by atoms with Gasteiger partial charge in [-0.05, 0) is 43.6 Å². The van der Waals surface area contributed by atoms with Crippen LogP contribution < -0.4 is 0 Å². The van der Waals surface area contributed by atoms with Gasteiger partial charge in [-0.2, -0.15) is 0 Å². The van der Waals surface area contributed by atoms with Gasteiger partial charge in [0.15, 0.2) is 9.50 Å². The average molecular weight is 482 g/mol. The lowest BCUT2D eigenvalue weighted by Gasteiger charge is -2.25. The first-order valence-corrected chi connectivity index (χ1v) is 13.9. The number of thiazole rings is 1. The summed E-state index contributed by atoms with van der Waals surface area (Å²) in [6, 6.07) is 18.9. The second kappa shape index (κ2) is 10.8. The van der Waals surface area contributed by atoms with Gasteiger partial charge >= 0.3 is 0 Å². The van der Waals surface area contributed by atoms with Crippen molar-refractivity contribution in [2.24, 2.45) is 0 Å². The molecular formula is C24H27N5S3. The number of thioether (sulfide) groups is 2. The van der Waals surface area contributed by atoms with Crippen LogP contribution in [0.5, 0.6) is 0 Å². The highest BCUT2D eigenvalue weighted by atomic mass is 32.2. The SMILES string of the molecule is c1ccc(Cn2c(CSc3nc4ccccc4s3)nnc2SCCN2CCCCC2)cc1. The third-order valence-corrected chi connectivity index (χ3v) is 8.79. The molecule has 3 heterocycles. The number of hydrogen-bond donors (Lipinski definition) is 0. The van der Waals surface area contributed by atoms with Crippen LogP contribution >= 0.6 is 34.9 Å². The van der Waals surface area contributed by atoms with Crippen molar-refractivity contribution in [1.29, 1.82) is 0 Å². The average Bonchev–Trinajstić information content (AvgIpc) is 3.43. The molecule has 1 aliphatic heterocycles. The van der Waals surface area contributed by atoms with Crippen LogP contribution in [0.3, 0.4) is 0 Å².